The first-order valence-electron chi connectivity index (χ1n) is 6.12. The second-order valence-electron chi connectivity index (χ2n) is 4.99. The molecule has 0 spiro atoms. The molecule has 3 nitrogen and oxygen atoms in total. The van der Waals surface area contributed by atoms with Gasteiger partial charge in [-0.1, -0.05) is 11.6 Å². The zero-order valence-electron chi connectivity index (χ0n) is 9.73. The van der Waals surface area contributed by atoms with Crippen LogP contribution >= 0.6 is 11.6 Å². The third kappa shape index (κ3) is 2.41. The van der Waals surface area contributed by atoms with E-state index in [1.807, 2.05) is 18.2 Å². The molecular formula is C13H17ClN2O. The molecule has 2 N–H and O–H groups in total. The molecule has 3 rings (SSSR count). The van der Waals surface area contributed by atoms with Gasteiger partial charge in [-0.25, -0.2) is 0 Å². The summed E-state index contributed by atoms with van der Waals surface area (Å²) >= 11 is 6.01. The molecule has 4 heteroatoms. The number of rotatable bonds is 2. The summed E-state index contributed by atoms with van der Waals surface area (Å²) in [5.41, 5.74) is 7.93. The van der Waals surface area contributed by atoms with Crippen molar-refractivity contribution >= 4 is 17.3 Å². The van der Waals surface area contributed by atoms with E-state index < -0.39 is 0 Å². The van der Waals surface area contributed by atoms with Crippen LogP contribution in [0.25, 0.3) is 0 Å². The molecule has 2 fully saturated rings. The summed E-state index contributed by atoms with van der Waals surface area (Å²) in [5, 5.41) is 0.755. The number of nitrogens with zero attached hydrogens (tertiary/aromatic N) is 1. The molecular weight excluding hydrogens is 236 g/mol. The number of halogens is 1. The monoisotopic (exact) mass is 252 g/mol. The highest BCUT2D eigenvalue weighted by molar-refractivity contribution is 6.30. The number of fused-ring (bicyclic) bond motifs is 2. The Kier molecular flexibility index (Phi) is 2.99. The van der Waals surface area contributed by atoms with Crippen LogP contribution in [-0.2, 0) is 11.3 Å². The number of nitrogen functional groups attached to an aromatic ring is 1. The van der Waals surface area contributed by atoms with E-state index in [2.05, 4.69) is 4.90 Å². The number of hydrogen-bond acceptors (Lipinski definition) is 3. The standard InChI is InChI=1S/C13H17ClN2O/c14-10-1-4-13(15)9(5-10)6-16-7-11-2-3-12(8-16)17-11/h1,4-5,11-12H,2-3,6-8,15H2. The van der Waals surface area contributed by atoms with Gasteiger partial charge in [0.05, 0.1) is 12.2 Å². The Morgan fingerprint density at radius 2 is 2.00 bits per heavy atom. The van der Waals surface area contributed by atoms with E-state index in [1.165, 1.54) is 12.8 Å². The normalized spacial score (nSPS) is 28.5. The number of benzene rings is 1. The number of hydrogen-bond donors (Lipinski definition) is 1. The maximum Gasteiger partial charge on any atom is 0.0707 e. The van der Waals surface area contributed by atoms with E-state index in [-0.39, 0.29) is 0 Å². The van der Waals surface area contributed by atoms with Crippen LogP contribution in [0.2, 0.25) is 5.02 Å². The summed E-state index contributed by atoms with van der Waals surface area (Å²) in [6.45, 7) is 2.91. The second-order valence-corrected chi connectivity index (χ2v) is 5.43. The fourth-order valence-corrected chi connectivity index (χ4v) is 2.98. The zero-order chi connectivity index (χ0) is 11.8. The minimum Gasteiger partial charge on any atom is -0.398 e. The van der Waals surface area contributed by atoms with Crippen LogP contribution < -0.4 is 5.73 Å². The van der Waals surface area contributed by atoms with Gasteiger partial charge in [0.15, 0.2) is 0 Å². The lowest BCUT2D eigenvalue weighted by molar-refractivity contribution is -0.0409. The maximum absolute atomic E-state index is 6.01. The maximum atomic E-state index is 6.01. The van der Waals surface area contributed by atoms with Crippen molar-refractivity contribution in [2.24, 2.45) is 0 Å². The summed E-state index contributed by atoms with van der Waals surface area (Å²) < 4.78 is 5.82. The number of morpholine rings is 1. The molecule has 0 aromatic heterocycles. The minimum absolute atomic E-state index is 0.425. The van der Waals surface area contributed by atoms with Crippen LogP contribution in [-0.4, -0.2) is 30.2 Å². The van der Waals surface area contributed by atoms with Gasteiger partial charge < -0.3 is 10.5 Å². The highest BCUT2D eigenvalue weighted by atomic mass is 35.5. The van der Waals surface area contributed by atoms with Crippen molar-refractivity contribution in [2.75, 3.05) is 18.8 Å². The first kappa shape index (κ1) is 11.3. The van der Waals surface area contributed by atoms with Crippen molar-refractivity contribution in [2.45, 2.75) is 31.6 Å². The highest BCUT2D eigenvalue weighted by Crippen LogP contribution is 2.28. The third-order valence-electron chi connectivity index (χ3n) is 3.62. The van der Waals surface area contributed by atoms with Crippen LogP contribution in [0.5, 0.6) is 0 Å². The van der Waals surface area contributed by atoms with Crippen molar-refractivity contribution in [3.05, 3.63) is 28.8 Å². The molecule has 2 heterocycles. The van der Waals surface area contributed by atoms with E-state index in [9.17, 15) is 0 Å². The Balaban J connectivity index is 1.72. The van der Waals surface area contributed by atoms with Crippen molar-refractivity contribution in [3.63, 3.8) is 0 Å². The first-order valence-corrected chi connectivity index (χ1v) is 6.50. The molecule has 1 aromatic carbocycles. The van der Waals surface area contributed by atoms with Crippen molar-refractivity contribution in [1.29, 1.82) is 0 Å². The van der Waals surface area contributed by atoms with Gasteiger partial charge in [0, 0.05) is 30.3 Å². The van der Waals surface area contributed by atoms with Crippen LogP contribution in [0, 0.1) is 0 Å². The van der Waals surface area contributed by atoms with Gasteiger partial charge >= 0.3 is 0 Å². The smallest absolute Gasteiger partial charge is 0.0707 e. The topological polar surface area (TPSA) is 38.5 Å². The molecule has 2 atom stereocenters. The van der Waals surface area contributed by atoms with Gasteiger partial charge in [-0.2, -0.15) is 0 Å². The summed E-state index contributed by atoms with van der Waals surface area (Å²) in [5.74, 6) is 0. The van der Waals surface area contributed by atoms with E-state index in [1.54, 1.807) is 0 Å². The molecule has 2 aliphatic rings. The van der Waals surface area contributed by atoms with Crippen molar-refractivity contribution in [3.8, 4) is 0 Å². The lowest BCUT2D eigenvalue weighted by atomic mass is 10.1. The predicted molar refractivity (Wildman–Crippen MR) is 69.0 cm³/mol. The molecule has 17 heavy (non-hydrogen) atoms. The van der Waals surface area contributed by atoms with Crippen LogP contribution in [0.15, 0.2) is 18.2 Å². The fraction of sp³-hybridized carbons (Fsp3) is 0.538. The Morgan fingerprint density at radius 3 is 2.71 bits per heavy atom. The number of ether oxygens (including phenoxy) is 1. The van der Waals surface area contributed by atoms with Crippen LogP contribution in [0.4, 0.5) is 5.69 Å². The van der Waals surface area contributed by atoms with E-state index in [4.69, 9.17) is 22.1 Å². The van der Waals surface area contributed by atoms with Gasteiger partial charge in [0.2, 0.25) is 0 Å². The molecule has 1 aromatic rings. The highest BCUT2D eigenvalue weighted by Gasteiger charge is 2.33. The summed E-state index contributed by atoms with van der Waals surface area (Å²) in [4.78, 5) is 2.42. The molecule has 92 valence electrons. The Hall–Kier alpha value is -0.770. The first-order chi connectivity index (χ1) is 8.20. The second kappa shape index (κ2) is 4.48. The zero-order valence-corrected chi connectivity index (χ0v) is 10.5. The Morgan fingerprint density at radius 1 is 1.29 bits per heavy atom. The van der Waals surface area contributed by atoms with Crippen molar-refractivity contribution < 1.29 is 4.74 Å². The molecule has 0 aliphatic carbocycles. The largest absolute Gasteiger partial charge is 0.398 e. The molecule has 2 aliphatic heterocycles. The van der Waals surface area contributed by atoms with Gasteiger partial charge in [0.1, 0.15) is 0 Å². The Bertz CT molecular complexity index is 412. The predicted octanol–water partition coefficient (Wildman–Crippen LogP) is 2.29. The number of anilines is 1. The van der Waals surface area contributed by atoms with E-state index in [0.29, 0.717) is 12.2 Å². The SMILES string of the molecule is Nc1ccc(Cl)cc1CN1CC2CCC(C1)O2. The fourth-order valence-electron chi connectivity index (χ4n) is 2.78. The molecule has 0 radical (unpaired) electrons. The van der Waals surface area contributed by atoms with Gasteiger partial charge in [-0.05, 0) is 36.6 Å². The molecule has 2 bridgehead atoms. The summed E-state index contributed by atoms with van der Waals surface area (Å²) in [6, 6.07) is 5.68. The quantitative estimate of drug-likeness (QED) is 0.821. The molecule has 0 amide bonds. The molecule has 2 saturated heterocycles. The summed E-state index contributed by atoms with van der Waals surface area (Å²) in [7, 11) is 0. The van der Waals surface area contributed by atoms with Crippen LogP contribution in [0.3, 0.4) is 0 Å². The van der Waals surface area contributed by atoms with E-state index in [0.717, 1.165) is 35.9 Å². The minimum atomic E-state index is 0.425. The summed E-state index contributed by atoms with van der Waals surface area (Å²) in [6.07, 6.45) is 3.25. The average Bonchev–Trinajstić information content (AvgIpc) is 2.63. The molecule has 2 unspecified atom stereocenters. The lowest BCUT2D eigenvalue weighted by Gasteiger charge is -2.32. The number of nitrogens with two attached hydrogens (primary N) is 1. The van der Waals surface area contributed by atoms with Gasteiger partial charge in [-0.15, -0.1) is 0 Å². The average molecular weight is 253 g/mol. The third-order valence-corrected chi connectivity index (χ3v) is 3.85. The van der Waals surface area contributed by atoms with E-state index >= 15 is 0 Å². The van der Waals surface area contributed by atoms with Gasteiger partial charge in [0.25, 0.3) is 0 Å². The van der Waals surface area contributed by atoms with Crippen LogP contribution in [0.1, 0.15) is 18.4 Å². The van der Waals surface area contributed by atoms with Crippen molar-refractivity contribution in [1.82, 2.24) is 4.90 Å². The van der Waals surface area contributed by atoms with Gasteiger partial charge in [-0.3, -0.25) is 4.90 Å². The Labute approximate surface area is 106 Å². The lowest BCUT2D eigenvalue weighted by Crippen LogP contribution is -2.42. The number of likely N-dealkylation sites (tertiary alicyclic amines) is 1. The molecule has 0 saturated carbocycles.